The first kappa shape index (κ1) is 22.2. The topological polar surface area (TPSA) is 34.1 Å². The lowest BCUT2D eigenvalue weighted by atomic mass is 9.87. The Bertz CT molecular complexity index is 907. The Morgan fingerprint density at radius 3 is 2.40 bits per heavy atom. The van der Waals surface area contributed by atoms with Gasteiger partial charge < -0.3 is 14.4 Å². The Balaban J connectivity index is 1.78. The molecule has 0 amide bonds. The summed E-state index contributed by atoms with van der Waals surface area (Å²) in [5.74, 6) is -0.472. The first-order valence-electron chi connectivity index (χ1n) is 9.57. The number of nitrogens with zero attached hydrogens (tertiary/aromatic N) is 2. The molecular weight excluding hydrogens is 400 g/mol. The number of benzene rings is 2. The van der Waals surface area contributed by atoms with Gasteiger partial charge in [-0.25, -0.2) is 9.38 Å². The van der Waals surface area contributed by atoms with Gasteiger partial charge in [-0.1, -0.05) is 12.1 Å². The van der Waals surface area contributed by atoms with E-state index in [4.69, 9.17) is 9.47 Å². The van der Waals surface area contributed by atoms with Crippen molar-refractivity contribution in [3.8, 4) is 0 Å². The quantitative estimate of drug-likeness (QED) is 0.348. The first-order chi connectivity index (χ1) is 14.1. The molecule has 0 N–H and O–H groups in total. The number of halogens is 4. The monoisotopic (exact) mass is 424 g/mol. The van der Waals surface area contributed by atoms with Crippen molar-refractivity contribution in [1.29, 1.82) is 0 Å². The molecule has 8 heteroatoms. The molecule has 0 atom stereocenters. The first-order valence-corrected chi connectivity index (χ1v) is 9.57. The summed E-state index contributed by atoms with van der Waals surface area (Å²) in [5, 5.41) is 0. The van der Waals surface area contributed by atoms with Gasteiger partial charge in [0.25, 0.3) is 0 Å². The van der Waals surface area contributed by atoms with Crippen LogP contribution in [0.15, 0.2) is 41.4 Å². The van der Waals surface area contributed by atoms with Gasteiger partial charge in [0.15, 0.2) is 0 Å². The van der Waals surface area contributed by atoms with E-state index in [2.05, 4.69) is 4.99 Å². The second-order valence-corrected chi connectivity index (χ2v) is 7.41. The van der Waals surface area contributed by atoms with Crippen LogP contribution in [-0.4, -0.2) is 38.0 Å². The van der Waals surface area contributed by atoms with Gasteiger partial charge in [-0.15, -0.1) is 0 Å². The summed E-state index contributed by atoms with van der Waals surface area (Å²) in [5.41, 5.74) is 0.733. The average molecular weight is 424 g/mol. The van der Waals surface area contributed by atoms with Gasteiger partial charge in [-0.2, -0.15) is 13.2 Å². The molecule has 2 aromatic rings. The van der Waals surface area contributed by atoms with Crippen molar-refractivity contribution in [3.05, 3.63) is 64.5 Å². The summed E-state index contributed by atoms with van der Waals surface area (Å²) >= 11 is 0. The molecule has 1 fully saturated rings. The molecule has 0 radical (unpaired) electrons. The lowest BCUT2D eigenvalue weighted by Gasteiger charge is -2.42. The van der Waals surface area contributed by atoms with E-state index in [0.717, 1.165) is 24.2 Å². The normalized spacial score (nSPS) is 16.0. The molecule has 0 bridgehead atoms. The maximum atomic E-state index is 14.7. The van der Waals surface area contributed by atoms with Crippen LogP contribution in [0.3, 0.4) is 0 Å². The van der Waals surface area contributed by atoms with Crippen LogP contribution in [0.1, 0.15) is 29.2 Å². The molecule has 0 aromatic heterocycles. The summed E-state index contributed by atoms with van der Waals surface area (Å²) in [6, 6.07) is 7.87. The van der Waals surface area contributed by atoms with Crippen molar-refractivity contribution in [3.63, 3.8) is 0 Å². The summed E-state index contributed by atoms with van der Waals surface area (Å²) < 4.78 is 64.2. The van der Waals surface area contributed by atoms with Gasteiger partial charge in [0.1, 0.15) is 17.1 Å². The Hall–Kier alpha value is -2.45. The van der Waals surface area contributed by atoms with E-state index in [9.17, 15) is 17.6 Å². The molecular formula is C22H24F4N2O2. The van der Waals surface area contributed by atoms with Crippen LogP contribution in [0.25, 0.3) is 0 Å². The van der Waals surface area contributed by atoms with Gasteiger partial charge in [0.2, 0.25) is 0 Å². The fraction of sp³-hybridized carbons (Fsp3) is 0.409. The second-order valence-electron chi connectivity index (χ2n) is 7.41. The van der Waals surface area contributed by atoms with Crippen molar-refractivity contribution in [1.82, 2.24) is 4.90 Å². The lowest BCUT2D eigenvalue weighted by Crippen LogP contribution is -2.49. The van der Waals surface area contributed by atoms with E-state index < -0.39 is 23.2 Å². The highest BCUT2D eigenvalue weighted by Crippen LogP contribution is 2.39. The molecule has 2 aromatic carbocycles. The second kappa shape index (κ2) is 8.73. The van der Waals surface area contributed by atoms with Crippen LogP contribution in [0.2, 0.25) is 0 Å². The van der Waals surface area contributed by atoms with E-state index in [1.165, 1.54) is 18.2 Å². The van der Waals surface area contributed by atoms with Crippen LogP contribution in [0, 0.1) is 12.7 Å². The van der Waals surface area contributed by atoms with Crippen molar-refractivity contribution in [2.45, 2.75) is 32.2 Å². The molecule has 4 nitrogen and oxygen atoms in total. The molecule has 30 heavy (non-hydrogen) atoms. The van der Waals surface area contributed by atoms with Gasteiger partial charge >= 0.3 is 6.18 Å². The number of alkyl halides is 3. The van der Waals surface area contributed by atoms with Crippen LogP contribution in [0.4, 0.5) is 23.2 Å². The highest BCUT2D eigenvalue weighted by molar-refractivity contribution is 5.62. The number of rotatable bonds is 7. The van der Waals surface area contributed by atoms with Crippen LogP contribution < -0.4 is 0 Å². The fourth-order valence-corrected chi connectivity index (χ4v) is 3.11. The number of ether oxygens (including phenoxy) is 2. The minimum absolute atomic E-state index is 0.0871. The molecule has 0 aliphatic carbocycles. The van der Waals surface area contributed by atoms with E-state index >= 15 is 0 Å². The zero-order valence-corrected chi connectivity index (χ0v) is 17.1. The van der Waals surface area contributed by atoms with E-state index in [1.54, 1.807) is 12.4 Å². The predicted molar refractivity (Wildman–Crippen MR) is 106 cm³/mol. The summed E-state index contributed by atoms with van der Waals surface area (Å²) in [7, 11) is 1.85. The summed E-state index contributed by atoms with van der Waals surface area (Å²) in [6.45, 7) is 5.14. The SMILES string of the molecule is CCN(C)C=Nc1cc(C)c(C2(OCc3ccc(C(F)(F)F)cc3)COC2)cc1F. The highest BCUT2D eigenvalue weighted by Gasteiger charge is 2.43. The average Bonchev–Trinajstić information content (AvgIpc) is 2.67. The molecule has 162 valence electrons. The lowest BCUT2D eigenvalue weighted by molar-refractivity contribution is -0.223. The Kier molecular flexibility index (Phi) is 6.47. The number of aliphatic imine (C=N–C) groups is 1. The third-order valence-electron chi connectivity index (χ3n) is 5.14. The largest absolute Gasteiger partial charge is 0.416 e. The molecule has 0 saturated carbocycles. The molecule has 1 heterocycles. The van der Waals surface area contributed by atoms with Crippen molar-refractivity contribution >= 4 is 12.0 Å². The standard InChI is InChI=1S/C22H24F4N2O2/c1-4-28(3)14-27-20-9-15(2)18(10-19(20)23)21(12-29-13-21)30-11-16-5-7-17(8-6-16)22(24,25)26/h5-10,14H,4,11-13H2,1-3H3. The van der Waals surface area contributed by atoms with E-state index in [0.29, 0.717) is 11.1 Å². The molecule has 3 rings (SSSR count). The zero-order valence-electron chi connectivity index (χ0n) is 17.1. The fourth-order valence-electron chi connectivity index (χ4n) is 3.11. The van der Waals surface area contributed by atoms with E-state index in [1.807, 2.05) is 25.8 Å². The van der Waals surface area contributed by atoms with Crippen LogP contribution >= 0.6 is 0 Å². The van der Waals surface area contributed by atoms with Gasteiger partial charge in [-0.05, 0) is 54.8 Å². The third-order valence-corrected chi connectivity index (χ3v) is 5.14. The summed E-state index contributed by atoms with van der Waals surface area (Å²) in [4.78, 5) is 6.02. The van der Waals surface area contributed by atoms with Crippen molar-refractivity contribution < 1.29 is 27.0 Å². The maximum Gasteiger partial charge on any atom is 0.416 e. The molecule has 1 aliphatic heterocycles. The number of aryl methyl sites for hydroxylation is 1. The minimum Gasteiger partial charge on any atom is -0.375 e. The molecule has 1 saturated heterocycles. The van der Waals surface area contributed by atoms with Gasteiger partial charge in [0, 0.05) is 13.6 Å². The van der Waals surface area contributed by atoms with Crippen molar-refractivity contribution in [2.24, 2.45) is 4.99 Å². The Morgan fingerprint density at radius 2 is 1.87 bits per heavy atom. The third kappa shape index (κ3) is 4.82. The van der Waals surface area contributed by atoms with E-state index in [-0.39, 0.29) is 25.5 Å². The Morgan fingerprint density at radius 1 is 1.20 bits per heavy atom. The van der Waals surface area contributed by atoms with Crippen LogP contribution in [-0.2, 0) is 27.9 Å². The minimum atomic E-state index is -4.38. The molecule has 0 unspecified atom stereocenters. The van der Waals surface area contributed by atoms with Gasteiger partial charge in [0.05, 0.1) is 31.7 Å². The Labute approximate surface area is 173 Å². The number of hydrogen-bond acceptors (Lipinski definition) is 3. The maximum absolute atomic E-state index is 14.7. The molecule has 1 aliphatic rings. The smallest absolute Gasteiger partial charge is 0.375 e. The predicted octanol–water partition coefficient (Wildman–Crippen LogP) is 5.21. The number of hydrogen-bond donors (Lipinski definition) is 0. The summed E-state index contributed by atoms with van der Waals surface area (Å²) in [6.07, 6.45) is -2.81. The van der Waals surface area contributed by atoms with Crippen LogP contribution in [0.5, 0.6) is 0 Å². The van der Waals surface area contributed by atoms with Gasteiger partial charge in [-0.3, -0.25) is 0 Å². The molecule has 0 spiro atoms. The zero-order chi connectivity index (χ0) is 21.9. The van der Waals surface area contributed by atoms with Crippen molar-refractivity contribution in [2.75, 3.05) is 26.8 Å². The highest BCUT2D eigenvalue weighted by atomic mass is 19.4.